The third-order valence-corrected chi connectivity index (χ3v) is 6.87. The fourth-order valence-electron chi connectivity index (χ4n) is 4.50. The minimum absolute atomic E-state index is 0.130. The molecular formula is C23H22F3N3O5S. The fraction of sp³-hybridized carbons (Fsp3) is 0.391. The Kier molecular flexibility index (Phi) is 6.20. The summed E-state index contributed by atoms with van der Waals surface area (Å²) in [5, 5.41) is 11.4. The summed E-state index contributed by atoms with van der Waals surface area (Å²) in [7, 11) is 0. The predicted molar refractivity (Wildman–Crippen MR) is 119 cm³/mol. The first-order chi connectivity index (χ1) is 16.7. The molecule has 0 amide bonds. The molecule has 1 fully saturated rings. The van der Waals surface area contributed by atoms with E-state index in [9.17, 15) is 13.2 Å². The Morgan fingerprint density at radius 2 is 2.00 bits per heavy atom. The highest BCUT2D eigenvalue weighted by Crippen LogP contribution is 2.37. The lowest BCUT2D eigenvalue weighted by Gasteiger charge is -2.35. The van der Waals surface area contributed by atoms with Gasteiger partial charge in [0.15, 0.2) is 11.5 Å². The normalized spacial score (nSPS) is 21.0. The lowest BCUT2D eigenvalue weighted by Crippen LogP contribution is -2.44. The Hall–Kier alpha value is -3.09. The number of hydrogen-bond acceptors (Lipinski definition) is 7. The van der Waals surface area contributed by atoms with Crippen LogP contribution in [0.1, 0.15) is 17.8 Å². The van der Waals surface area contributed by atoms with E-state index in [1.807, 2.05) is 12.3 Å². The number of benzene rings is 1. The van der Waals surface area contributed by atoms with Crippen LogP contribution in [-0.4, -0.2) is 57.2 Å². The van der Waals surface area contributed by atoms with Crippen molar-refractivity contribution < 1.29 is 37.3 Å². The van der Waals surface area contributed by atoms with Crippen molar-refractivity contribution in [2.75, 3.05) is 19.9 Å². The standard InChI is InChI=1S/C21H21N3O3S.C2HF3O2/c1-2-18-19(26-14-25-18)7-15(1)9-23-5-4-21(12-23)13-24-17(16-3-6-28-11-16)8-22-20(24)10-27-21;3-2(4,5)1(6)7/h1-3,6-8,11H,4-5,9-10,12-14H2;(H,6,7). The first-order valence-corrected chi connectivity index (χ1v) is 11.8. The number of carbonyl (C=O) groups is 1. The monoisotopic (exact) mass is 509 g/mol. The smallest absolute Gasteiger partial charge is 0.475 e. The van der Waals surface area contributed by atoms with E-state index in [2.05, 4.69) is 43.4 Å². The van der Waals surface area contributed by atoms with Crippen molar-refractivity contribution in [1.29, 1.82) is 0 Å². The Morgan fingerprint density at radius 1 is 1.20 bits per heavy atom. The average Bonchev–Trinajstić information content (AvgIpc) is 3.61. The highest BCUT2D eigenvalue weighted by atomic mass is 32.1. The maximum Gasteiger partial charge on any atom is 0.490 e. The Labute approximate surface area is 202 Å². The minimum atomic E-state index is -5.08. The summed E-state index contributed by atoms with van der Waals surface area (Å²) in [6, 6.07) is 8.39. The molecule has 35 heavy (non-hydrogen) atoms. The molecule has 8 nitrogen and oxygen atoms in total. The van der Waals surface area contributed by atoms with Crippen molar-refractivity contribution in [2.24, 2.45) is 0 Å². The maximum absolute atomic E-state index is 10.6. The number of likely N-dealkylation sites (tertiary alicyclic amines) is 1. The number of aliphatic carboxylic acids is 1. The maximum atomic E-state index is 10.6. The number of hydrogen-bond donors (Lipinski definition) is 1. The van der Waals surface area contributed by atoms with Gasteiger partial charge in [-0.2, -0.15) is 24.5 Å². The van der Waals surface area contributed by atoms with Crippen LogP contribution in [0.25, 0.3) is 11.3 Å². The number of aromatic nitrogens is 2. The third kappa shape index (κ3) is 5.00. The second-order valence-corrected chi connectivity index (χ2v) is 9.36. The lowest BCUT2D eigenvalue weighted by atomic mass is 10.0. The summed E-state index contributed by atoms with van der Waals surface area (Å²) in [6.45, 7) is 4.64. The van der Waals surface area contributed by atoms with Gasteiger partial charge in [-0.3, -0.25) is 4.90 Å². The number of alkyl halides is 3. The van der Waals surface area contributed by atoms with E-state index in [-0.39, 0.29) is 5.60 Å². The van der Waals surface area contributed by atoms with Crippen LogP contribution < -0.4 is 9.47 Å². The second kappa shape index (κ2) is 9.17. The predicted octanol–water partition coefficient (Wildman–Crippen LogP) is 4.15. The van der Waals surface area contributed by atoms with Gasteiger partial charge in [0, 0.05) is 30.6 Å². The molecule has 6 rings (SSSR count). The molecule has 3 aliphatic rings. The van der Waals surface area contributed by atoms with Gasteiger partial charge in [-0.25, -0.2) is 9.78 Å². The summed E-state index contributed by atoms with van der Waals surface area (Å²) in [4.78, 5) is 16.0. The number of rotatable bonds is 3. The molecule has 0 radical (unpaired) electrons. The molecule has 2 aromatic heterocycles. The number of carboxylic acid groups (broad SMARTS) is 1. The van der Waals surface area contributed by atoms with Crippen molar-refractivity contribution in [2.45, 2.75) is 37.9 Å². The highest BCUT2D eigenvalue weighted by molar-refractivity contribution is 7.08. The number of imidazole rings is 1. The minimum Gasteiger partial charge on any atom is -0.475 e. The highest BCUT2D eigenvalue weighted by Gasteiger charge is 2.43. The molecule has 3 aliphatic heterocycles. The van der Waals surface area contributed by atoms with Gasteiger partial charge >= 0.3 is 12.1 Å². The zero-order chi connectivity index (χ0) is 24.6. The summed E-state index contributed by atoms with van der Waals surface area (Å²) in [5.41, 5.74) is 3.57. The van der Waals surface area contributed by atoms with E-state index >= 15 is 0 Å². The van der Waals surface area contributed by atoms with E-state index in [4.69, 9.17) is 24.1 Å². The van der Waals surface area contributed by atoms with Crippen LogP contribution in [0.5, 0.6) is 11.5 Å². The zero-order valence-corrected chi connectivity index (χ0v) is 19.3. The van der Waals surface area contributed by atoms with Gasteiger partial charge in [0.1, 0.15) is 18.0 Å². The van der Waals surface area contributed by atoms with Crippen LogP contribution in [0, 0.1) is 0 Å². The number of halogens is 3. The number of fused-ring (bicyclic) bond motifs is 2. The molecule has 1 N–H and O–H groups in total. The topological polar surface area (TPSA) is 86.1 Å². The summed E-state index contributed by atoms with van der Waals surface area (Å²) in [6.07, 6.45) is -2.06. The number of ether oxygens (including phenoxy) is 3. The Balaban J connectivity index is 0.000000320. The molecule has 1 unspecified atom stereocenters. The SMILES string of the molecule is O=C(O)C(F)(F)F.c1cc(-c2cnc3n2CC2(CCN(Cc4ccc5c(c4)OCO5)C2)OC3)cs1. The van der Waals surface area contributed by atoms with Crippen molar-refractivity contribution in [1.82, 2.24) is 14.5 Å². The van der Waals surface area contributed by atoms with Crippen LogP contribution in [0.2, 0.25) is 0 Å². The van der Waals surface area contributed by atoms with Gasteiger partial charge in [0.2, 0.25) is 6.79 Å². The molecule has 1 atom stereocenters. The molecule has 1 spiro atoms. The molecule has 12 heteroatoms. The van der Waals surface area contributed by atoms with Crippen LogP contribution >= 0.6 is 11.3 Å². The van der Waals surface area contributed by atoms with Crippen molar-refractivity contribution in [3.8, 4) is 22.8 Å². The van der Waals surface area contributed by atoms with E-state index in [1.165, 1.54) is 16.8 Å². The molecule has 0 aliphatic carbocycles. The fourth-order valence-corrected chi connectivity index (χ4v) is 5.15. The molecule has 1 saturated heterocycles. The van der Waals surface area contributed by atoms with Crippen LogP contribution in [-0.2, 0) is 29.2 Å². The first-order valence-electron chi connectivity index (χ1n) is 10.8. The van der Waals surface area contributed by atoms with Crippen LogP contribution in [0.4, 0.5) is 13.2 Å². The number of carboxylic acids is 1. The molecule has 0 saturated carbocycles. The van der Waals surface area contributed by atoms with Gasteiger partial charge in [-0.1, -0.05) is 6.07 Å². The summed E-state index contributed by atoms with van der Waals surface area (Å²) < 4.78 is 51.4. The largest absolute Gasteiger partial charge is 0.490 e. The van der Waals surface area contributed by atoms with Crippen molar-refractivity contribution in [3.63, 3.8) is 0 Å². The summed E-state index contributed by atoms with van der Waals surface area (Å²) >= 11 is 1.72. The second-order valence-electron chi connectivity index (χ2n) is 8.58. The molecular weight excluding hydrogens is 487 g/mol. The van der Waals surface area contributed by atoms with Crippen LogP contribution in [0.3, 0.4) is 0 Å². The molecule has 186 valence electrons. The molecule has 0 bridgehead atoms. The van der Waals surface area contributed by atoms with Gasteiger partial charge in [0.25, 0.3) is 0 Å². The quantitative estimate of drug-likeness (QED) is 0.568. The van der Waals surface area contributed by atoms with E-state index < -0.39 is 12.1 Å². The molecule has 3 aromatic rings. The molecule has 1 aromatic carbocycles. The third-order valence-electron chi connectivity index (χ3n) is 6.19. The van der Waals surface area contributed by atoms with Gasteiger partial charge in [-0.05, 0) is 35.6 Å². The average molecular weight is 510 g/mol. The first kappa shape index (κ1) is 23.6. The van der Waals surface area contributed by atoms with E-state index in [0.29, 0.717) is 13.4 Å². The number of thiophene rings is 1. The van der Waals surface area contributed by atoms with E-state index in [1.54, 1.807) is 11.3 Å². The molecule has 5 heterocycles. The lowest BCUT2D eigenvalue weighted by molar-refractivity contribution is -0.192. The van der Waals surface area contributed by atoms with Crippen molar-refractivity contribution >= 4 is 17.3 Å². The van der Waals surface area contributed by atoms with Crippen molar-refractivity contribution in [3.05, 3.63) is 52.6 Å². The van der Waals surface area contributed by atoms with Gasteiger partial charge in [0.05, 0.1) is 18.4 Å². The number of nitrogens with zero attached hydrogens (tertiary/aromatic N) is 3. The van der Waals surface area contributed by atoms with E-state index in [0.717, 1.165) is 49.9 Å². The van der Waals surface area contributed by atoms with Gasteiger partial charge < -0.3 is 23.9 Å². The summed E-state index contributed by atoms with van der Waals surface area (Å²) in [5.74, 6) is -0.0387. The van der Waals surface area contributed by atoms with Gasteiger partial charge in [-0.15, -0.1) is 0 Å². The Morgan fingerprint density at radius 3 is 2.74 bits per heavy atom. The van der Waals surface area contributed by atoms with Crippen LogP contribution in [0.15, 0.2) is 41.2 Å². The Bertz CT molecular complexity index is 1210. The zero-order valence-electron chi connectivity index (χ0n) is 18.5.